The highest BCUT2D eigenvalue weighted by Crippen LogP contribution is 2.29. The summed E-state index contributed by atoms with van der Waals surface area (Å²) in [6, 6.07) is 4.94. The molecule has 1 aromatic rings. The average molecular weight is 275 g/mol. The minimum Gasteiger partial charge on any atom is -0.378 e. The van der Waals surface area contributed by atoms with Crippen LogP contribution in [0.15, 0.2) is 31.0 Å². The van der Waals surface area contributed by atoms with Crippen molar-refractivity contribution in [1.82, 2.24) is 9.80 Å². The van der Waals surface area contributed by atoms with Gasteiger partial charge in [-0.2, -0.15) is 0 Å². The van der Waals surface area contributed by atoms with Gasteiger partial charge in [-0.15, -0.1) is 0 Å². The number of piperidine rings is 1. The number of anilines is 1. The molecule has 3 rings (SSSR count). The monoisotopic (exact) mass is 275 g/mol. The molecule has 1 N–H and O–H groups in total. The topological polar surface area (TPSA) is 35.6 Å². The van der Waals surface area contributed by atoms with Gasteiger partial charge in [-0.25, -0.2) is 9.18 Å². The SMILES string of the molecule is C=CN1CCC(N2Cc3cccc(F)c3NC2=O)CC1. The summed E-state index contributed by atoms with van der Waals surface area (Å²) < 4.78 is 13.7. The van der Waals surface area contributed by atoms with E-state index >= 15 is 0 Å². The first-order valence-corrected chi connectivity index (χ1v) is 6.90. The Hall–Kier alpha value is -2.04. The number of halogens is 1. The first-order chi connectivity index (χ1) is 9.69. The standard InChI is InChI=1S/C15H18FN3O/c1-2-18-8-6-12(7-9-18)19-10-11-4-3-5-13(16)14(11)17-15(19)20/h2-5,12H,1,6-10H2,(H,17,20). The summed E-state index contributed by atoms with van der Waals surface area (Å²) in [5.74, 6) is -0.364. The number of likely N-dealkylation sites (tertiary alicyclic amines) is 1. The minimum absolute atomic E-state index is 0.195. The zero-order valence-electron chi connectivity index (χ0n) is 11.3. The fourth-order valence-corrected chi connectivity index (χ4v) is 2.95. The van der Waals surface area contributed by atoms with Crippen molar-refractivity contribution in [3.8, 4) is 0 Å². The number of nitrogens with one attached hydrogen (secondary N) is 1. The van der Waals surface area contributed by atoms with Gasteiger partial charge < -0.3 is 15.1 Å². The van der Waals surface area contributed by atoms with E-state index in [2.05, 4.69) is 16.8 Å². The normalized spacial score (nSPS) is 19.6. The van der Waals surface area contributed by atoms with Crippen molar-refractivity contribution in [3.63, 3.8) is 0 Å². The number of rotatable bonds is 2. The molecule has 2 amide bonds. The Balaban J connectivity index is 1.76. The summed E-state index contributed by atoms with van der Waals surface area (Å²) >= 11 is 0. The number of nitrogens with zero attached hydrogens (tertiary/aromatic N) is 2. The fraction of sp³-hybridized carbons (Fsp3) is 0.400. The number of carbonyl (C=O) groups excluding carboxylic acids is 1. The molecule has 1 saturated heterocycles. The summed E-state index contributed by atoms with van der Waals surface area (Å²) in [6.45, 7) is 6.07. The van der Waals surface area contributed by atoms with Crippen molar-refractivity contribution in [2.24, 2.45) is 0 Å². The molecule has 0 aliphatic carbocycles. The van der Waals surface area contributed by atoms with Gasteiger partial charge in [0.05, 0.1) is 5.69 Å². The molecule has 1 aromatic carbocycles. The Bertz CT molecular complexity index is 538. The first kappa shape index (κ1) is 13.0. The first-order valence-electron chi connectivity index (χ1n) is 6.90. The number of fused-ring (bicyclic) bond motifs is 1. The fourth-order valence-electron chi connectivity index (χ4n) is 2.95. The number of amides is 2. The molecule has 20 heavy (non-hydrogen) atoms. The van der Waals surface area contributed by atoms with E-state index in [1.165, 1.54) is 6.07 Å². The predicted molar refractivity (Wildman–Crippen MR) is 75.8 cm³/mol. The van der Waals surface area contributed by atoms with Crippen molar-refractivity contribution in [2.45, 2.75) is 25.4 Å². The predicted octanol–water partition coefficient (Wildman–Crippen LogP) is 2.78. The lowest BCUT2D eigenvalue weighted by Crippen LogP contribution is -2.49. The van der Waals surface area contributed by atoms with Crippen LogP contribution in [-0.2, 0) is 6.54 Å². The molecule has 4 nitrogen and oxygen atoms in total. The van der Waals surface area contributed by atoms with Crippen molar-refractivity contribution < 1.29 is 9.18 Å². The Morgan fingerprint density at radius 1 is 1.35 bits per heavy atom. The molecule has 0 saturated carbocycles. The highest BCUT2D eigenvalue weighted by molar-refractivity contribution is 5.92. The third-order valence-corrected chi connectivity index (χ3v) is 4.13. The van der Waals surface area contributed by atoms with Crippen molar-refractivity contribution in [2.75, 3.05) is 18.4 Å². The molecular weight excluding hydrogens is 257 g/mol. The van der Waals surface area contributed by atoms with Crippen LogP contribution in [0, 0.1) is 5.82 Å². The maximum Gasteiger partial charge on any atom is 0.322 e. The molecule has 0 unspecified atom stereocenters. The zero-order valence-corrected chi connectivity index (χ0v) is 11.3. The van der Waals surface area contributed by atoms with Gasteiger partial charge in [-0.3, -0.25) is 0 Å². The quantitative estimate of drug-likeness (QED) is 0.901. The Labute approximate surface area is 117 Å². The second-order valence-electron chi connectivity index (χ2n) is 5.28. The molecule has 0 spiro atoms. The van der Waals surface area contributed by atoms with Crippen LogP contribution >= 0.6 is 0 Å². The van der Waals surface area contributed by atoms with Gasteiger partial charge in [-0.05, 0) is 30.7 Å². The van der Waals surface area contributed by atoms with E-state index < -0.39 is 0 Å². The van der Waals surface area contributed by atoms with Crippen molar-refractivity contribution >= 4 is 11.7 Å². The molecule has 1 fully saturated rings. The number of hydrogen-bond acceptors (Lipinski definition) is 2. The Kier molecular flexibility index (Phi) is 3.34. The van der Waals surface area contributed by atoms with Gasteiger partial charge >= 0.3 is 6.03 Å². The minimum atomic E-state index is -0.364. The number of carbonyl (C=O) groups is 1. The van der Waals surface area contributed by atoms with Crippen LogP contribution in [0.5, 0.6) is 0 Å². The number of urea groups is 1. The van der Waals surface area contributed by atoms with Gasteiger partial charge in [0.25, 0.3) is 0 Å². The zero-order chi connectivity index (χ0) is 14.1. The van der Waals surface area contributed by atoms with E-state index in [4.69, 9.17) is 0 Å². The summed E-state index contributed by atoms with van der Waals surface area (Å²) in [6.07, 6.45) is 3.69. The molecule has 0 aromatic heterocycles. The molecule has 2 heterocycles. The maximum atomic E-state index is 13.7. The molecule has 106 valence electrons. The lowest BCUT2D eigenvalue weighted by atomic mass is 10.0. The summed E-state index contributed by atoms with van der Waals surface area (Å²) in [5.41, 5.74) is 1.17. The molecule has 0 radical (unpaired) electrons. The van der Waals surface area contributed by atoms with Crippen LogP contribution < -0.4 is 5.32 Å². The largest absolute Gasteiger partial charge is 0.378 e. The second kappa shape index (κ2) is 5.15. The van der Waals surface area contributed by atoms with E-state index in [0.29, 0.717) is 12.2 Å². The van der Waals surface area contributed by atoms with Crippen LogP contribution in [0.3, 0.4) is 0 Å². The lowest BCUT2D eigenvalue weighted by Gasteiger charge is -2.40. The second-order valence-corrected chi connectivity index (χ2v) is 5.28. The molecule has 2 aliphatic heterocycles. The van der Waals surface area contributed by atoms with E-state index in [-0.39, 0.29) is 17.9 Å². The summed E-state index contributed by atoms with van der Waals surface area (Å²) in [7, 11) is 0. The maximum absolute atomic E-state index is 13.7. The average Bonchev–Trinajstić information content (AvgIpc) is 2.48. The van der Waals surface area contributed by atoms with Crippen LogP contribution in [0.25, 0.3) is 0 Å². The molecule has 0 bridgehead atoms. The van der Waals surface area contributed by atoms with Gasteiger partial charge in [0.2, 0.25) is 0 Å². The number of hydrogen-bond donors (Lipinski definition) is 1. The molecule has 5 heteroatoms. The van der Waals surface area contributed by atoms with E-state index in [1.807, 2.05) is 17.2 Å². The van der Waals surface area contributed by atoms with Crippen molar-refractivity contribution in [1.29, 1.82) is 0 Å². The van der Waals surface area contributed by atoms with Gasteiger partial charge in [0.15, 0.2) is 0 Å². The van der Waals surface area contributed by atoms with Crippen LogP contribution in [0.4, 0.5) is 14.9 Å². The van der Waals surface area contributed by atoms with E-state index in [9.17, 15) is 9.18 Å². The highest BCUT2D eigenvalue weighted by atomic mass is 19.1. The van der Waals surface area contributed by atoms with Crippen LogP contribution in [-0.4, -0.2) is 35.0 Å². The summed E-state index contributed by atoms with van der Waals surface area (Å²) in [4.78, 5) is 16.2. The smallest absolute Gasteiger partial charge is 0.322 e. The van der Waals surface area contributed by atoms with Gasteiger partial charge in [0, 0.05) is 25.7 Å². The van der Waals surface area contributed by atoms with Gasteiger partial charge in [0.1, 0.15) is 5.82 Å². The molecule has 0 atom stereocenters. The summed E-state index contributed by atoms with van der Waals surface area (Å²) in [5, 5.41) is 2.68. The third-order valence-electron chi connectivity index (χ3n) is 4.13. The molecular formula is C15H18FN3O. The highest BCUT2D eigenvalue weighted by Gasteiger charge is 2.31. The number of benzene rings is 1. The van der Waals surface area contributed by atoms with Crippen molar-refractivity contribution in [3.05, 3.63) is 42.4 Å². The van der Waals surface area contributed by atoms with Crippen LogP contribution in [0.2, 0.25) is 0 Å². The third kappa shape index (κ3) is 2.24. The lowest BCUT2D eigenvalue weighted by molar-refractivity contribution is 0.140. The van der Waals surface area contributed by atoms with Gasteiger partial charge in [-0.1, -0.05) is 18.7 Å². The number of para-hydroxylation sites is 1. The van der Waals surface area contributed by atoms with E-state index in [1.54, 1.807) is 6.07 Å². The van der Waals surface area contributed by atoms with Crippen LogP contribution in [0.1, 0.15) is 18.4 Å². The molecule has 2 aliphatic rings. The Morgan fingerprint density at radius 3 is 2.80 bits per heavy atom. The van der Waals surface area contributed by atoms with E-state index in [0.717, 1.165) is 31.5 Å². The Morgan fingerprint density at radius 2 is 2.10 bits per heavy atom.